The van der Waals surface area contributed by atoms with Gasteiger partial charge in [0.1, 0.15) is 5.75 Å². The van der Waals surface area contributed by atoms with Crippen molar-refractivity contribution in [2.24, 2.45) is 0 Å². The molecule has 0 saturated heterocycles. The number of carbonyl (C=O) groups excluding carboxylic acids is 1. The van der Waals surface area contributed by atoms with E-state index < -0.39 is 0 Å². The van der Waals surface area contributed by atoms with Gasteiger partial charge in [-0.25, -0.2) is 0 Å². The van der Waals surface area contributed by atoms with Gasteiger partial charge in [0.25, 0.3) is 0 Å². The Labute approximate surface area is 113 Å². The van der Waals surface area contributed by atoms with Gasteiger partial charge in [0.05, 0.1) is 7.11 Å². The van der Waals surface area contributed by atoms with Crippen LogP contribution in [0.3, 0.4) is 0 Å². The van der Waals surface area contributed by atoms with Crippen molar-refractivity contribution in [1.29, 1.82) is 0 Å². The molecule has 0 bridgehead atoms. The fourth-order valence-electron chi connectivity index (χ4n) is 1.70. The Hall–Kier alpha value is -2.35. The molecule has 0 aliphatic rings. The molecule has 0 amide bonds. The Morgan fingerprint density at radius 3 is 2.21 bits per heavy atom. The van der Waals surface area contributed by atoms with Crippen molar-refractivity contribution in [2.45, 2.75) is 6.92 Å². The largest absolute Gasteiger partial charge is 0.497 e. The second-order valence-electron chi connectivity index (χ2n) is 4.34. The molecule has 19 heavy (non-hydrogen) atoms. The summed E-state index contributed by atoms with van der Waals surface area (Å²) in [7, 11) is 1.63. The number of methoxy groups -OCH3 is 1. The van der Waals surface area contributed by atoms with E-state index in [0.717, 1.165) is 16.9 Å². The highest BCUT2D eigenvalue weighted by molar-refractivity contribution is 6.06. The van der Waals surface area contributed by atoms with Crippen LogP contribution in [0.2, 0.25) is 0 Å². The maximum absolute atomic E-state index is 11.9. The average Bonchev–Trinajstić information content (AvgIpc) is 2.46. The van der Waals surface area contributed by atoms with Crippen molar-refractivity contribution < 1.29 is 9.53 Å². The molecule has 2 aromatic rings. The van der Waals surface area contributed by atoms with Gasteiger partial charge in [0.15, 0.2) is 5.78 Å². The minimum atomic E-state index is 0.0100. The van der Waals surface area contributed by atoms with Crippen molar-refractivity contribution in [1.82, 2.24) is 0 Å². The highest BCUT2D eigenvalue weighted by Crippen LogP contribution is 2.13. The van der Waals surface area contributed by atoms with Gasteiger partial charge in [-0.1, -0.05) is 48.0 Å². The molecule has 2 heteroatoms. The van der Waals surface area contributed by atoms with E-state index in [1.807, 2.05) is 61.5 Å². The lowest BCUT2D eigenvalue weighted by molar-refractivity contribution is 0.104. The van der Waals surface area contributed by atoms with E-state index in [1.165, 1.54) is 0 Å². The van der Waals surface area contributed by atoms with E-state index in [4.69, 9.17) is 4.74 Å². The highest BCUT2D eigenvalue weighted by atomic mass is 16.5. The normalized spacial score (nSPS) is 10.6. The Bertz CT molecular complexity index is 578. The van der Waals surface area contributed by atoms with Gasteiger partial charge in [0.2, 0.25) is 0 Å². The number of ketones is 1. The summed E-state index contributed by atoms with van der Waals surface area (Å²) in [6.45, 7) is 2.00. The van der Waals surface area contributed by atoms with Crippen LogP contribution in [0.15, 0.2) is 54.6 Å². The Kier molecular flexibility index (Phi) is 4.14. The smallest absolute Gasteiger partial charge is 0.185 e. The number of hydrogen-bond acceptors (Lipinski definition) is 2. The molecule has 0 fully saturated rings. The molecule has 2 rings (SSSR count). The topological polar surface area (TPSA) is 26.3 Å². The van der Waals surface area contributed by atoms with Gasteiger partial charge in [-0.15, -0.1) is 0 Å². The second-order valence-corrected chi connectivity index (χ2v) is 4.34. The van der Waals surface area contributed by atoms with Crippen LogP contribution >= 0.6 is 0 Å². The van der Waals surface area contributed by atoms with Crippen LogP contribution < -0.4 is 4.74 Å². The fraction of sp³-hybridized carbons (Fsp3) is 0.118. The molecule has 0 saturated carbocycles. The third-order valence-electron chi connectivity index (χ3n) is 2.88. The van der Waals surface area contributed by atoms with Gasteiger partial charge < -0.3 is 4.74 Å². The first kappa shape index (κ1) is 13.1. The molecule has 0 N–H and O–H groups in total. The first-order chi connectivity index (χ1) is 9.19. The summed E-state index contributed by atoms with van der Waals surface area (Å²) < 4.78 is 5.08. The lowest BCUT2D eigenvalue weighted by Gasteiger charge is -1.99. The number of rotatable bonds is 4. The number of aryl methyl sites for hydroxylation is 1. The first-order valence-electron chi connectivity index (χ1n) is 6.12. The van der Waals surface area contributed by atoms with E-state index in [9.17, 15) is 4.79 Å². The minimum absolute atomic E-state index is 0.0100. The molecule has 0 spiro atoms. The van der Waals surface area contributed by atoms with Crippen LogP contribution in [0.25, 0.3) is 6.08 Å². The summed E-state index contributed by atoms with van der Waals surface area (Å²) in [6, 6.07) is 15.1. The molecule has 0 aliphatic heterocycles. The minimum Gasteiger partial charge on any atom is -0.497 e. The summed E-state index contributed by atoms with van der Waals surface area (Å²) in [5.74, 6) is 0.817. The summed E-state index contributed by atoms with van der Waals surface area (Å²) in [4.78, 5) is 11.9. The standard InChI is InChI=1S/C17H16O2/c1-13-3-8-15(9-4-13)17(18)12-7-14-5-10-16(19-2)11-6-14/h3-12H,1-2H3/b12-7-. The van der Waals surface area contributed by atoms with Crippen LogP contribution in [-0.2, 0) is 0 Å². The summed E-state index contributed by atoms with van der Waals surface area (Å²) >= 11 is 0. The van der Waals surface area contributed by atoms with Crippen molar-refractivity contribution in [3.05, 3.63) is 71.3 Å². The second kappa shape index (κ2) is 6.01. The number of ether oxygens (including phenoxy) is 1. The Balaban J connectivity index is 2.08. The first-order valence-corrected chi connectivity index (χ1v) is 6.12. The van der Waals surface area contributed by atoms with E-state index in [2.05, 4.69) is 0 Å². The highest BCUT2D eigenvalue weighted by Gasteiger charge is 2.00. The summed E-state index contributed by atoms with van der Waals surface area (Å²) in [5.41, 5.74) is 2.83. The van der Waals surface area contributed by atoms with Crippen molar-refractivity contribution in [3.8, 4) is 5.75 Å². The molecule has 0 unspecified atom stereocenters. The van der Waals surface area contributed by atoms with E-state index in [1.54, 1.807) is 13.2 Å². The number of benzene rings is 2. The third-order valence-corrected chi connectivity index (χ3v) is 2.88. The van der Waals surface area contributed by atoms with E-state index in [-0.39, 0.29) is 5.78 Å². The van der Waals surface area contributed by atoms with Crippen LogP contribution in [-0.4, -0.2) is 12.9 Å². The van der Waals surface area contributed by atoms with E-state index in [0.29, 0.717) is 5.56 Å². The maximum atomic E-state index is 11.9. The Morgan fingerprint density at radius 2 is 1.63 bits per heavy atom. The van der Waals surface area contributed by atoms with Crippen LogP contribution in [0, 0.1) is 6.92 Å². The zero-order chi connectivity index (χ0) is 13.7. The molecule has 2 nitrogen and oxygen atoms in total. The predicted molar refractivity (Wildman–Crippen MR) is 77.5 cm³/mol. The quantitative estimate of drug-likeness (QED) is 0.609. The number of carbonyl (C=O) groups is 1. The third kappa shape index (κ3) is 3.55. The molecular weight excluding hydrogens is 236 g/mol. The van der Waals surface area contributed by atoms with Crippen LogP contribution in [0.5, 0.6) is 5.75 Å². The number of allylic oxidation sites excluding steroid dienone is 1. The van der Waals surface area contributed by atoms with Crippen molar-refractivity contribution >= 4 is 11.9 Å². The van der Waals surface area contributed by atoms with E-state index >= 15 is 0 Å². The molecule has 0 aliphatic carbocycles. The lowest BCUT2D eigenvalue weighted by Crippen LogP contribution is -1.93. The fourth-order valence-corrected chi connectivity index (χ4v) is 1.70. The van der Waals surface area contributed by atoms with Crippen molar-refractivity contribution in [2.75, 3.05) is 7.11 Å². The predicted octanol–water partition coefficient (Wildman–Crippen LogP) is 3.90. The van der Waals surface area contributed by atoms with Crippen LogP contribution in [0.4, 0.5) is 0 Å². The molecule has 0 aromatic heterocycles. The van der Waals surface area contributed by atoms with Gasteiger partial charge in [0, 0.05) is 5.56 Å². The van der Waals surface area contributed by atoms with Gasteiger partial charge in [-0.2, -0.15) is 0 Å². The number of hydrogen-bond donors (Lipinski definition) is 0. The molecule has 2 aromatic carbocycles. The molecule has 0 heterocycles. The van der Waals surface area contributed by atoms with Crippen LogP contribution in [0.1, 0.15) is 21.5 Å². The Morgan fingerprint density at radius 1 is 1.00 bits per heavy atom. The monoisotopic (exact) mass is 252 g/mol. The van der Waals surface area contributed by atoms with Crippen molar-refractivity contribution in [3.63, 3.8) is 0 Å². The molecule has 0 radical (unpaired) electrons. The maximum Gasteiger partial charge on any atom is 0.185 e. The SMILES string of the molecule is COc1ccc(/C=C\C(=O)c2ccc(C)cc2)cc1. The average molecular weight is 252 g/mol. The summed E-state index contributed by atoms with van der Waals surface area (Å²) in [5, 5.41) is 0. The summed E-state index contributed by atoms with van der Waals surface area (Å²) in [6.07, 6.45) is 3.40. The van der Waals surface area contributed by atoms with Gasteiger partial charge in [-0.05, 0) is 30.7 Å². The van der Waals surface area contributed by atoms with Gasteiger partial charge >= 0.3 is 0 Å². The molecule has 96 valence electrons. The molecular formula is C17H16O2. The molecule has 0 atom stereocenters. The van der Waals surface area contributed by atoms with Gasteiger partial charge in [-0.3, -0.25) is 4.79 Å². The zero-order valence-electron chi connectivity index (χ0n) is 11.1. The zero-order valence-corrected chi connectivity index (χ0v) is 11.1. The lowest BCUT2D eigenvalue weighted by atomic mass is 10.1.